The second kappa shape index (κ2) is 3.49. The quantitative estimate of drug-likeness (QED) is 0.560. The van der Waals surface area contributed by atoms with Crippen LogP contribution in [-0.2, 0) is 0 Å². The monoisotopic (exact) mass is 248 g/mol. The number of halogens is 7. The van der Waals surface area contributed by atoms with Crippen LogP contribution in [0.4, 0.5) is 30.7 Å². The van der Waals surface area contributed by atoms with E-state index in [-0.39, 0.29) is 6.92 Å². The van der Waals surface area contributed by atoms with Gasteiger partial charge in [-0.15, -0.1) is 0 Å². The first kappa shape index (κ1) is 13.1. The third-order valence-electron chi connectivity index (χ3n) is 2.65. The summed E-state index contributed by atoms with van der Waals surface area (Å²) in [4.78, 5) is 0. The minimum Gasteiger partial charge on any atom is -0.238 e. The molecule has 16 heavy (non-hydrogen) atoms. The predicted octanol–water partition coefficient (Wildman–Crippen LogP) is 4.30. The highest BCUT2D eigenvalue weighted by atomic mass is 19.4. The maximum absolute atomic E-state index is 13.2. The molecule has 0 aromatic rings. The third-order valence-corrected chi connectivity index (χ3v) is 2.65. The molecule has 0 N–H and O–H groups in total. The van der Waals surface area contributed by atoms with Gasteiger partial charge in [0.25, 0.3) is 0 Å². The summed E-state index contributed by atoms with van der Waals surface area (Å²) in [5.41, 5.74) is -4.88. The Morgan fingerprint density at radius 2 is 1.56 bits per heavy atom. The maximum atomic E-state index is 13.2. The number of rotatable bonds is 0. The molecule has 1 rings (SSSR count). The van der Waals surface area contributed by atoms with Crippen molar-refractivity contribution in [3.63, 3.8) is 0 Å². The largest absolute Gasteiger partial charge is 0.403 e. The molecule has 0 aromatic carbocycles. The lowest BCUT2D eigenvalue weighted by molar-refractivity contribution is -0.227. The van der Waals surface area contributed by atoms with Gasteiger partial charge in [-0.05, 0) is 13.8 Å². The highest BCUT2D eigenvalue weighted by Crippen LogP contribution is 2.55. The fraction of sp³-hybridized carbons (Fsp3) is 0.556. The summed E-state index contributed by atoms with van der Waals surface area (Å²) in [5.74, 6) is -6.25. The van der Waals surface area contributed by atoms with Crippen LogP contribution in [0, 0.1) is 5.41 Å². The summed E-state index contributed by atoms with van der Waals surface area (Å²) in [7, 11) is 0. The van der Waals surface area contributed by atoms with Crippen molar-refractivity contribution >= 4 is 0 Å². The lowest BCUT2D eigenvalue weighted by atomic mass is 9.77. The van der Waals surface area contributed by atoms with Crippen LogP contribution in [0.2, 0.25) is 0 Å². The topological polar surface area (TPSA) is 0 Å². The molecule has 0 saturated heterocycles. The van der Waals surface area contributed by atoms with E-state index in [1.54, 1.807) is 0 Å². The Kier molecular flexibility index (Phi) is 2.85. The van der Waals surface area contributed by atoms with E-state index >= 15 is 0 Å². The van der Waals surface area contributed by atoms with Gasteiger partial charge in [0, 0.05) is 5.57 Å². The van der Waals surface area contributed by atoms with Crippen LogP contribution in [0.5, 0.6) is 0 Å². The standard InChI is InChI=1S/C9H7F7/c1-3-4(10)6(12)8(2,9(14,15)16)7(13)5(3)11/h6H,1-2H3. The fourth-order valence-corrected chi connectivity index (χ4v) is 1.32. The Balaban J connectivity index is 3.48. The van der Waals surface area contributed by atoms with Gasteiger partial charge >= 0.3 is 6.18 Å². The second-order valence-electron chi connectivity index (χ2n) is 3.66. The van der Waals surface area contributed by atoms with Gasteiger partial charge in [0.2, 0.25) is 0 Å². The van der Waals surface area contributed by atoms with Crippen molar-refractivity contribution in [1.82, 2.24) is 0 Å². The van der Waals surface area contributed by atoms with Crippen molar-refractivity contribution in [2.45, 2.75) is 26.2 Å². The van der Waals surface area contributed by atoms with Crippen LogP contribution in [0.25, 0.3) is 0 Å². The van der Waals surface area contributed by atoms with E-state index in [1.807, 2.05) is 0 Å². The molecule has 1 aliphatic carbocycles. The Bertz CT molecular complexity index is 376. The zero-order valence-electron chi connectivity index (χ0n) is 8.22. The van der Waals surface area contributed by atoms with Crippen molar-refractivity contribution in [3.05, 3.63) is 23.1 Å². The van der Waals surface area contributed by atoms with Crippen LogP contribution in [0.1, 0.15) is 13.8 Å². The Hall–Kier alpha value is -1.01. The molecular formula is C9H7F7. The van der Waals surface area contributed by atoms with Gasteiger partial charge in [-0.25, -0.2) is 17.6 Å². The summed E-state index contributed by atoms with van der Waals surface area (Å²) in [6, 6.07) is 0. The smallest absolute Gasteiger partial charge is 0.238 e. The highest BCUT2D eigenvalue weighted by molar-refractivity contribution is 5.40. The zero-order valence-corrected chi connectivity index (χ0v) is 8.22. The summed E-state index contributed by atoms with van der Waals surface area (Å²) in [6.07, 6.45) is -8.70. The molecule has 2 atom stereocenters. The third kappa shape index (κ3) is 1.44. The van der Waals surface area contributed by atoms with Crippen LogP contribution in [0.15, 0.2) is 23.1 Å². The normalized spacial score (nSPS) is 32.4. The number of hydrogen-bond donors (Lipinski definition) is 0. The Morgan fingerprint density at radius 3 is 1.94 bits per heavy atom. The Labute approximate surface area is 86.4 Å². The minimum absolute atomic E-state index is 0.0819. The second-order valence-corrected chi connectivity index (χ2v) is 3.66. The molecular weight excluding hydrogens is 241 g/mol. The van der Waals surface area contributed by atoms with Crippen molar-refractivity contribution in [2.75, 3.05) is 0 Å². The Morgan fingerprint density at radius 1 is 1.12 bits per heavy atom. The average molecular weight is 248 g/mol. The molecule has 0 nitrogen and oxygen atoms in total. The SMILES string of the molecule is CC1=C(F)C(F)C(C)(C(F)(F)F)C(F)=C1F. The molecule has 2 unspecified atom stereocenters. The van der Waals surface area contributed by atoms with E-state index in [0.29, 0.717) is 6.92 Å². The molecule has 92 valence electrons. The van der Waals surface area contributed by atoms with Crippen molar-refractivity contribution < 1.29 is 30.7 Å². The fourth-order valence-electron chi connectivity index (χ4n) is 1.32. The van der Waals surface area contributed by atoms with Gasteiger partial charge in [0.1, 0.15) is 5.83 Å². The molecule has 0 fully saturated rings. The van der Waals surface area contributed by atoms with Gasteiger partial charge in [0.05, 0.1) is 0 Å². The first-order valence-corrected chi connectivity index (χ1v) is 4.18. The summed E-state index contributed by atoms with van der Waals surface area (Å²) >= 11 is 0. The van der Waals surface area contributed by atoms with Gasteiger partial charge in [-0.3, -0.25) is 0 Å². The highest BCUT2D eigenvalue weighted by Gasteiger charge is 2.64. The molecule has 0 aromatic heterocycles. The molecule has 0 aliphatic heterocycles. The molecule has 1 aliphatic rings. The van der Waals surface area contributed by atoms with E-state index in [0.717, 1.165) is 0 Å². The number of hydrogen-bond acceptors (Lipinski definition) is 0. The molecule has 0 radical (unpaired) electrons. The van der Waals surface area contributed by atoms with E-state index < -0.39 is 40.8 Å². The lowest BCUT2D eigenvalue weighted by Gasteiger charge is -2.35. The molecule has 0 spiro atoms. The minimum atomic E-state index is -5.42. The summed E-state index contributed by atoms with van der Waals surface area (Å²) in [6.45, 7) is 0.755. The van der Waals surface area contributed by atoms with E-state index in [4.69, 9.17) is 0 Å². The van der Waals surface area contributed by atoms with Crippen molar-refractivity contribution in [3.8, 4) is 0 Å². The summed E-state index contributed by atoms with van der Waals surface area (Å²) < 4.78 is 89.6. The van der Waals surface area contributed by atoms with Gasteiger partial charge in [0.15, 0.2) is 23.2 Å². The van der Waals surface area contributed by atoms with Crippen LogP contribution < -0.4 is 0 Å². The van der Waals surface area contributed by atoms with Crippen LogP contribution >= 0.6 is 0 Å². The van der Waals surface area contributed by atoms with Gasteiger partial charge in [-0.2, -0.15) is 13.2 Å². The van der Waals surface area contributed by atoms with Gasteiger partial charge in [-0.1, -0.05) is 0 Å². The molecule has 0 saturated carbocycles. The van der Waals surface area contributed by atoms with E-state index in [1.165, 1.54) is 0 Å². The zero-order chi connectivity index (χ0) is 12.9. The van der Waals surface area contributed by atoms with Gasteiger partial charge < -0.3 is 0 Å². The molecule has 0 heterocycles. The van der Waals surface area contributed by atoms with Crippen molar-refractivity contribution in [1.29, 1.82) is 0 Å². The van der Waals surface area contributed by atoms with Crippen LogP contribution in [-0.4, -0.2) is 12.3 Å². The number of alkyl halides is 4. The first-order chi connectivity index (χ1) is 7.05. The lowest BCUT2D eigenvalue weighted by Crippen LogP contribution is -2.46. The average Bonchev–Trinajstić information content (AvgIpc) is 2.19. The number of allylic oxidation sites excluding steroid dienone is 4. The predicted molar refractivity (Wildman–Crippen MR) is 42.1 cm³/mol. The molecule has 0 amide bonds. The van der Waals surface area contributed by atoms with Crippen molar-refractivity contribution in [2.24, 2.45) is 5.41 Å². The summed E-state index contributed by atoms with van der Waals surface area (Å²) in [5, 5.41) is 0. The molecule has 7 heteroatoms. The van der Waals surface area contributed by atoms with E-state index in [9.17, 15) is 30.7 Å². The van der Waals surface area contributed by atoms with Crippen LogP contribution in [0.3, 0.4) is 0 Å². The molecule has 0 bridgehead atoms. The first-order valence-electron chi connectivity index (χ1n) is 4.18. The maximum Gasteiger partial charge on any atom is 0.403 e. The van der Waals surface area contributed by atoms with E-state index in [2.05, 4.69) is 0 Å².